The van der Waals surface area contributed by atoms with Gasteiger partial charge in [0, 0.05) is 23.8 Å². The second kappa shape index (κ2) is 7.34. The van der Waals surface area contributed by atoms with Crippen LogP contribution in [0, 0.1) is 5.82 Å². The van der Waals surface area contributed by atoms with Crippen LogP contribution in [0.2, 0.25) is 0 Å². The maximum Gasteiger partial charge on any atom is 0.248 e. The third-order valence-electron chi connectivity index (χ3n) is 4.06. The van der Waals surface area contributed by atoms with Gasteiger partial charge < -0.3 is 16.0 Å². The lowest BCUT2D eigenvalue weighted by Gasteiger charge is -2.25. The van der Waals surface area contributed by atoms with Gasteiger partial charge in [0.15, 0.2) is 0 Å². The van der Waals surface area contributed by atoms with E-state index in [4.69, 9.17) is 5.73 Å². The summed E-state index contributed by atoms with van der Waals surface area (Å²) >= 11 is 0. The van der Waals surface area contributed by atoms with Gasteiger partial charge in [-0.3, -0.25) is 9.59 Å². The van der Waals surface area contributed by atoms with Crippen LogP contribution in [0.4, 0.5) is 10.1 Å². The molecule has 2 aromatic carbocycles. The highest BCUT2D eigenvalue weighted by molar-refractivity contribution is 5.94. The summed E-state index contributed by atoms with van der Waals surface area (Å²) in [5.74, 6) is -0.905. The van der Waals surface area contributed by atoms with E-state index in [0.29, 0.717) is 17.8 Å². The van der Waals surface area contributed by atoms with E-state index in [9.17, 15) is 14.0 Å². The minimum Gasteiger partial charge on any atom is -0.366 e. The Hall–Kier alpha value is -2.89. The van der Waals surface area contributed by atoms with Crippen molar-refractivity contribution in [1.82, 2.24) is 5.32 Å². The van der Waals surface area contributed by atoms with Crippen LogP contribution in [0.15, 0.2) is 48.5 Å². The number of carbonyl (C=O) groups excluding carboxylic acids is 2. The quantitative estimate of drug-likeness (QED) is 0.811. The molecule has 3 N–H and O–H groups in total. The van der Waals surface area contributed by atoms with Gasteiger partial charge in [0.05, 0.1) is 6.54 Å². The molecular formula is C19H20FN3O2. The molecule has 5 nitrogen and oxygen atoms in total. The Kier molecular flexibility index (Phi) is 4.97. The first-order chi connectivity index (χ1) is 12.0. The van der Waals surface area contributed by atoms with E-state index in [1.165, 1.54) is 12.1 Å². The number of anilines is 1. The lowest BCUT2D eigenvalue weighted by molar-refractivity contribution is -0.119. The molecule has 1 aliphatic carbocycles. The number of carbonyl (C=O) groups is 2. The summed E-state index contributed by atoms with van der Waals surface area (Å²) in [6.45, 7) is 0.566. The highest BCUT2D eigenvalue weighted by Gasteiger charge is 2.24. The van der Waals surface area contributed by atoms with Crippen LogP contribution < -0.4 is 16.0 Å². The molecule has 0 radical (unpaired) electrons. The molecule has 1 fully saturated rings. The van der Waals surface area contributed by atoms with Gasteiger partial charge in [-0.2, -0.15) is 0 Å². The summed E-state index contributed by atoms with van der Waals surface area (Å²) in [4.78, 5) is 25.5. The van der Waals surface area contributed by atoms with Crippen molar-refractivity contribution in [3.05, 3.63) is 65.5 Å². The van der Waals surface area contributed by atoms with Gasteiger partial charge in [-0.05, 0) is 48.7 Å². The summed E-state index contributed by atoms with van der Waals surface area (Å²) in [6, 6.07) is 13.2. The predicted molar refractivity (Wildman–Crippen MR) is 93.6 cm³/mol. The lowest BCUT2D eigenvalue weighted by Crippen LogP contribution is -2.38. The Labute approximate surface area is 145 Å². The van der Waals surface area contributed by atoms with E-state index in [2.05, 4.69) is 5.32 Å². The van der Waals surface area contributed by atoms with Crippen LogP contribution in [0.3, 0.4) is 0 Å². The number of primary amides is 1. The van der Waals surface area contributed by atoms with E-state index < -0.39 is 5.91 Å². The smallest absolute Gasteiger partial charge is 0.248 e. The van der Waals surface area contributed by atoms with Crippen molar-refractivity contribution in [1.29, 1.82) is 0 Å². The number of hydrogen-bond acceptors (Lipinski definition) is 3. The molecule has 0 aliphatic heterocycles. The lowest BCUT2D eigenvalue weighted by atomic mass is 10.1. The number of benzene rings is 2. The number of nitrogens with zero attached hydrogens (tertiary/aromatic N) is 1. The Morgan fingerprint density at radius 3 is 2.52 bits per heavy atom. The number of halogens is 1. The molecule has 2 amide bonds. The average molecular weight is 341 g/mol. The van der Waals surface area contributed by atoms with Crippen LogP contribution in [0.25, 0.3) is 0 Å². The second-order valence-corrected chi connectivity index (χ2v) is 6.24. The Bertz CT molecular complexity index is 772. The van der Waals surface area contributed by atoms with Crippen molar-refractivity contribution >= 4 is 17.5 Å². The van der Waals surface area contributed by atoms with Crippen LogP contribution in [-0.2, 0) is 11.3 Å². The zero-order valence-electron chi connectivity index (χ0n) is 13.7. The summed E-state index contributed by atoms with van der Waals surface area (Å²) in [6.07, 6.45) is 2.03. The first-order valence-electron chi connectivity index (χ1n) is 8.20. The Morgan fingerprint density at radius 1 is 1.16 bits per heavy atom. The van der Waals surface area contributed by atoms with Gasteiger partial charge in [0.2, 0.25) is 11.8 Å². The fourth-order valence-corrected chi connectivity index (χ4v) is 2.58. The molecule has 3 rings (SSSR count). The average Bonchev–Trinajstić information content (AvgIpc) is 3.40. The van der Waals surface area contributed by atoms with Gasteiger partial charge in [-0.25, -0.2) is 4.39 Å². The van der Waals surface area contributed by atoms with Crippen LogP contribution in [0.5, 0.6) is 0 Å². The standard InChI is InChI=1S/C19H20FN3O2/c20-15-6-4-13(5-7-15)11-23(12-18(24)22-16-8-9-16)17-3-1-2-14(10-17)19(21)25/h1-7,10,16H,8-9,11-12H2,(H2,21,25)(H,22,24). The predicted octanol–water partition coefficient (Wildman–Crippen LogP) is 2.21. The second-order valence-electron chi connectivity index (χ2n) is 6.24. The SMILES string of the molecule is NC(=O)c1cccc(N(CC(=O)NC2CC2)Cc2ccc(F)cc2)c1. The minimum absolute atomic E-state index is 0.0749. The molecule has 1 aliphatic rings. The summed E-state index contributed by atoms with van der Waals surface area (Å²) in [7, 11) is 0. The maximum atomic E-state index is 13.1. The molecule has 1 saturated carbocycles. The third-order valence-corrected chi connectivity index (χ3v) is 4.06. The number of hydrogen-bond donors (Lipinski definition) is 2. The highest BCUT2D eigenvalue weighted by Crippen LogP contribution is 2.21. The molecule has 6 heteroatoms. The van der Waals surface area contributed by atoms with Crippen LogP contribution in [-0.4, -0.2) is 24.4 Å². The van der Waals surface area contributed by atoms with Crippen molar-refractivity contribution < 1.29 is 14.0 Å². The number of rotatable bonds is 7. The highest BCUT2D eigenvalue weighted by atomic mass is 19.1. The first-order valence-corrected chi connectivity index (χ1v) is 8.20. The van der Waals surface area contributed by atoms with Crippen molar-refractivity contribution in [3.8, 4) is 0 Å². The number of nitrogens with one attached hydrogen (secondary N) is 1. The molecule has 2 aromatic rings. The summed E-state index contributed by atoms with van der Waals surface area (Å²) < 4.78 is 13.1. The van der Waals surface area contributed by atoms with Crippen molar-refractivity contribution in [2.24, 2.45) is 5.73 Å². The fourth-order valence-electron chi connectivity index (χ4n) is 2.58. The van der Waals surface area contributed by atoms with Gasteiger partial charge in [-0.1, -0.05) is 18.2 Å². The molecule has 130 valence electrons. The first kappa shape index (κ1) is 17.0. The summed E-state index contributed by atoms with van der Waals surface area (Å²) in [5.41, 5.74) is 7.31. The van der Waals surface area contributed by atoms with E-state index in [1.54, 1.807) is 30.3 Å². The van der Waals surface area contributed by atoms with Crippen LogP contribution >= 0.6 is 0 Å². The molecule has 0 atom stereocenters. The molecule has 0 heterocycles. The molecular weight excluding hydrogens is 321 g/mol. The Morgan fingerprint density at radius 2 is 1.88 bits per heavy atom. The van der Waals surface area contributed by atoms with E-state index >= 15 is 0 Å². The normalized spacial score (nSPS) is 13.3. The van der Waals surface area contributed by atoms with Crippen LogP contribution in [0.1, 0.15) is 28.8 Å². The van der Waals surface area contributed by atoms with E-state index in [0.717, 1.165) is 18.4 Å². The van der Waals surface area contributed by atoms with Crippen molar-refractivity contribution in [2.75, 3.05) is 11.4 Å². The summed E-state index contributed by atoms with van der Waals surface area (Å²) in [5, 5.41) is 2.95. The molecule has 0 aromatic heterocycles. The van der Waals surface area contributed by atoms with Gasteiger partial charge in [0.25, 0.3) is 0 Å². The van der Waals surface area contributed by atoms with Gasteiger partial charge in [-0.15, -0.1) is 0 Å². The van der Waals surface area contributed by atoms with E-state index in [-0.39, 0.29) is 24.3 Å². The van der Waals surface area contributed by atoms with Crippen molar-refractivity contribution in [2.45, 2.75) is 25.4 Å². The molecule has 25 heavy (non-hydrogen) atoms. The van der Waals surface area contributed by atoms with Crippen molar-refractivity contribution in [3.63, 3.8) is 0 Å². The van der Waals surface area contributed by atoms with Gasteiger partial charge in [0.1, 0.15) is 5.82 Å². The molecule has 0 saturated heterocycles. The van der Waals surface area contributed by atoms with E-state index in [1.807, 2.05) is 11.0 Å². The third kappa shape index (κ3) is 4.79. The maximum absolute atomic E-state index is 13.1. The van der Waals surface area contributed by atoms with Gasteiger partial charge >= 0.3 is 0 Å². The molecule has 0 bridgehead atoms. The number of nitrogens with two attached hydrogens (primary N) is 1. The largest absolute Gasteiger partial charge is 0.366 e. The fraction of sp³-hybridized carbons (Fsp3) is 0.263. The zero-order valence-corrected chi connectivity index (χ0v) is 13.7. The minimum atomic E-state index is -0.522. The zero-order chi connectivity index (χ0) is 17.8. The monoisotopic (exact) mass is 341 g/mol. The number of amides is 2. The Balaban J connectivity index is 1.81. The topological polar surface area (TPSA) is 75.4 Å². The molecule has 0 unspecified atom stereocenters. The molecule has 0 spiro atoms.